The van der Waals surface area contributed by atoms with Gasteiger partial charge in [-0.2, -0.15) is 5.26 Å². The minimum atomic E-state index is -0.458. The molecule has 1 saturated heterocycles. The fourth-order valence-electron chi connectivity index (χ4n) is 2.68. The molecule has 120 valence electrons. The van der Waals surface area contributed by atoms with Crippen LogP contribution in [0.1, 0.15) is 12.0 Å². The third-order valence-corrected chi connectivity index (χ3v) is 4.19. The summed E-state index contributed by atoms with van der Waals surface area (Å²) in [7, 11) is 0. The minimum absolute atomic E-state index is 0.106. The predicted molar refractivity (Wildman–Crippen MR) is 91.7 cm³/mol. The van der Waals surface area contributed by atoms with Gasteiger partial charge < -0.3 is 10.2 Å². The Bertz CT molecular complexity index is 827. The largest absolute Gasteiger partial charge is 0.325 e. The van der Waals surface area contributed by atoms with Crippen LogP contribution in [0.15, 0.2) is 48.5 Å². The van der Waals surface area contributed by atoms with Crippen molar-refractivity contribution in [2.24, 2.45) is 5.92 Å². The molecule has 2 amide bonds. The Kier molecular flexibility index (Phi) is 4.50. The van der Waals surface area contributed by atoms with E-state index in [1.54, 1.807) is 53.4 Å². The predicted octanol–water partition coefficient (Wildman–Crippen LogP) is 3.20. The summed E-state index contributed by atoms with van der Waals surface area (Å²) in [5.41, 5.74) is 1.57. The van der Waals surface area contributed by atoms with Crippen molar-refractivity contribution in [1.82, 2.24) is 0 Å². The minimum Gasteiger partial charge on any atom is -0.325 e. The van der Waals surface area contributed by atoms with Crippen LogP contribution in [-0.2, 0) is 9.59 Å². The SMILES string of the molecule is N#Cc1ccccc1NC(=O)[C@@H]1CC(=O)N(c2ccc(Cl)cc2)C1. The van der Waals surface area contributed by atoms with Gasteiger partial charge in [-0.25, -0.2) is 0 Å². The summed E-state index contributed by atoms with van der Waals surface area (Å²) in [6.45, 7) is 0.307. The molecule has 1 N–H and O–H groups in total. The van der Waals surface area contributed by atoms with Crippen molar-refractivity contribution < 1.29 is 9.59 Å². The van der Waals surface area contributed by atoms with E-state index >= 15 is 0 Å². The summed E-state index contributed by atoms with van der Waals surface area (Å²) in [6.07, 6.45) is 0.142. The maximum absolute atomic E-state index is 12.4. The molecule has 0 saturated carbocycles. The first kappa shape index (κ1) is 16.0. The van der Waals surface area contributed by atoms with E-state index in [4.69, 9.17) is 16.9 Å². The maximum Gasteiger partial charge on any atom is 0.229 e. The number of anilines is 2. The molecule has 3 rings (SSSR count). The summed E-state index contributed by atoms with van der Waals surface area (Å²) in [4.78, 5) is 26.2. The smallest absolute Gasteiger partial charge is 0.229 e. The highest BCUT2D eigenvalue weighted by Gasteiger charge is 2.35. The number of amides is 2. The Hall–Kier alpha value is -2.84. The van der Waals surface area contributed by atoms with Gasteiger partial charge in [0, 0.05) is 23.7 Å². The van der Waals surface area contributed by atoms with E-state index in [0.717, 1.165) is 5.69 Å². The number of hydrogen-bond donors (Lipinski definition) is 1. The summed E-state index contributed by atoms with van der Waals surface area (Å²) >= 11 is 5.86. The molecule has 24 heavy (non-hydrogen) atoms. The molecule has 0 aromatic heterocycles. The molecule has 1 heterocycles. The molecule has 5 nitrogen and oxygen atoms in total. The van der Waals surface area contributed by atoms with Crippen LogP contribution in [0, 0.1) is 17.2 Å². The van der Waals surface area contributed by atoms with E-state index in [0.29, 0.717) is 22.8 Å². The average Bonchev–Trinajstić information content (AvgIpc) is 2.98. The van der Waals surface area contributed by atoms with Gasteiger partial charge in [0.2, 0.25) is 11.8 Å². The molecule has 6 heteroatoms. The monoisotopic (exact) mass is 339 g/mol. The molecular weight excluding hydrogens is 326 g/mol. The zero-order valence-corrected chi connectivity index (χ0v) is 13.5. The number of hydrogen-bond acceptors (Lipinski definition) is 3. The van der Waals surface area contributed by atoms with Gasteiger partial charge in [-0.05, 0) is 36.4 Å². The van der Waals surface area contributed by atoms with Gasteiger partial charge >= 0.3 is 0 Å². The normalized spacial score (nSPS) is 16.8. The van der Waals surface area contributed by atoms with Gasteiger partial charge in [-0.15, -0.1) is 0 Å². The van der Waals surface area contributed by atoms with E-state index in [1.165, 1.54) is 0 Å². The van der Waals surface area contributed by atoms with Gasteiger partial charge in [0.05, 0.1) is 17.2 Å². The second-order valence-corrected chi connectivity index (χ2v) is 5.96. The van der Waals surface area contributed by atoms with E-state index in [-0.39, 0.29) is 18.2 Å². The van der Waals surface area contributed by atoms with Crippen molar-refractivity contribution in [2.45, 2.75) is 6.42 Å². The molecule has 2 aromatic rings. The second-order valence-electron chi connectivity index (χ2n) is 5.53. The first-order valence-corrected chi connectivity index (χ1v) is 7.82. The first-order chi connectivity index (χ1) is 11.6. The van der Waals surface area contributed by atoms with Crippen molar-refractivity contribution in [3.63, 3.8) is 0 Å². The Morgan fingerprint density at radius 3 is 2.62 bits per heavy atom. The van der Waals surface area contributed by atoms with E-state index in [2.05, 4.69) is 5.32 Å². The quantitative estimate of drug-likeness (QED) is 0.933. The Morgan fingerprint density at radius 2 is 1.92 bits per heavy atom. The van der Waals surface area contributed by atoms with Gasteiger partial charge in [0.1, 0.15) is 6.07 Å². The number of rotatable bonds is 3. The lowest BCUT2D eigenvalue weighted by atomic mass is 10.1. The molecule has 1 aliphatic heterocycles. The third kappa shape index (κ3) is 3.24. The molecule has 1 aliphatic rings. The lowest BCUT2D eigenvalue weighted by molar-refractivity contribution is -0.122. The van der Waals surface area contributed by atoms with Crippen LogP contribution >= 0.6 is 11.6 Å². The molecule has 0 spiro atoms. The number of carbonyl (C=O) groups is 2. The number of nitriles is 1. The molecule has 2 aromatic carbocycles. The molecular formula is C18H14ClN3O2. The van der Waals surface area contributed by atoms with Crippen LogP contribution in [0.25, 0.3) is 0 Å². The maximum atomic E-state index is 12.4. The number of para-hydroxylation sites is 1. The van der Waals surface area contributed by atoms with Gasteiger partial charge in [0.15, 0.2) is 0 Å². The lowest BCUT2D eigenvalue weighted by Gasteiger charge is -2.17. The molecule has 0 unspecified atom stereocenters. The Morgan fingerprint density at radius 1 is 1.21 bits per heavy atom. The Labute approximate surface area is 144 Å². The van der Waals surface area contributed by atoms with Crippen LogP contribution in [0.3, 0.4) is 0 Å². The summed E-state index contributed by atoms with van der Waals surface area (Å²) in [5, 5.41) is 12.4. The topological polar surface area (TPSA) is 73.2 Å². The molecule has 0 bridgehead atoms. The number of nitrogens with one attached hydrogen (secondary N) is 1. The number of halogens is 1. The second kappa shape index (κ2) is 6.73. The van der Waals surface area contributed by atoms with E-state index in [1.807, 2.05) is 6.07 Å². The van der Waals surface area contributed by atoms with Crippen molar-refractivity contribution in [3.8, 4) is 6.07 Å². The third-order valence-electron chi connectivity index (χ3n) is 3.94. The van der Waals surface area contributed by atoms with Crippen LogP contribution in [-0.4, -0.2) is 18.4 Å². The van der Waals surface area contributed by atoms with Crippen LogP contribution in [0.2, 0.25) is 5.02 Å². The van der Waals surface area contributed by atoms with Crippen LogP contribution in [0.4, 0.5) is 11.4 Å². The zero-order valence-electron chi connectivity index (χ0n) is 12.7. The van der Waals surface area contributed by atoms with Gasteiger partial charge in [-0.3, -0.25) is 9.59 Å². The number of benzene rings is 2. The van der Waals surface area contributed by atoms with Crippen LogP contribution in [0.5, 0.6) is 0 Å². The molecule has 1 atom stereocenters. The van der Waals surface area contributed by atoms with Crippen LogP contribution < -0.4 is 10.2 Å². The van der Waals surface area contributed by atoms with Crippen molar-refractivity contribution in [3.05, 3.63) is 59.1 Å². The van der Waals surface area contributed by atoms with Crippen molar-refractivity contribution in [1.29, 1.82) is 5.26 Å². The van der Waals surface area contributed by atoms with Crippen molar-refractivity contribution >= 4 is 34.8 Å². The summed E-state index contributed by atoms with van der Waals surface area (Å²) in [5.74, 6) is -0.825. The fraction of sp³-hybridized carbons (Fsp3) is 0.167. The summed E-state index contributed by atoms with van der Waals surface area (Å²) < 4.78 is 0. The molecule has 1 fully saturated rings. The number of carbonyl (C=O) groups excluding carboxylic acids is 2. The highest BCUT2D eigenvalue weighted by atomic mass is 35.5. The lowest BCUT2D eigenvalue weighted by Crippen LogP contribution is -2.28. The highest BCUT2D eigenvalue weighted by Crippen LogP contribution is 2.27. The zero-order chi connectivity index (χ0) is 17.1. The standard InChI is InChI=1S/C18H14ClN3O2/c19-14-5-7-15(8-6-14)22-11-13(9-17(22)23)18(24)21-16-4-2-1-3-12(16)10-20/h1-8,13H,9,11H2,(H,21,24)/t13-/m1/s1. The highest BCUT2D eigenvalue weighted by molar-refractivity contribution is 6.30. The fourth-order valence-corrected chi connectivity index (χ4v) is 2.80. The van der Waals surface area contributed by atoms with Gasteiger partial charge in [-0.1, -0.05) is 23.7 Å². The molecule has 0 aliphatic carbocycles. The Balaban J connectivity index is 1.72. The molecule has 0 radical (unpaired) electrons. The first-order valence-electron chi connectivity index (χ1n) is 7.44. The van der Waals surface area contributed by atoms with Gasteiger partial charge in [0.25, 0.3) is 0 Å². The number of nitrogens with zero attached hydrogens (tertiary/aromatic N) is 2. The van der Waals surface area contributed by atoms with E-state index < -0.39 is 5.92 Å². The summed E-state index contributed by atoms with van der Waals surface area (Å²) in [6, 6.07) is 15.7. The average molecular weight is 340 g/mol. The van der Waals surface area contributed by atoms with E-state index in [9.17, 15) is 9.59 Å². The van der Waals surface area contributed by atoms with Crippen molar-refractivity contribution in [2.75, 3.05) is 16.8 Å².